The van der Waals surface area contributed by atoms with Crippen molar-refractivity contribution in [2.45, 2.75) is 19.4 Å². The number of morpholine rings is 1. The number of nitrogens with one attached hydrogen (secondary N) is 1. The Morgan fingerprint density at radius 2 is 1.93 bits per heavy atom. The Balaban J connectivity index is 1.65. The molecular weight excluding hydrogens is 372 g/mol. The van der Waals surface area contributed by atoms with E-state index in [-0.39, 0.29) is 24.3 Å². The van der Waals surface area contributed by atoms with Gasteiger partial charge in [0.1, 0.15) is 0 Å². The first kappa shape index (κ1) is 20.7. The van der Waals surface area contributed by atoms with Crippen LogP contribution in [0.3, 0.4) is 0 Å². The fourth-order valence-electron chi connectivity index (χ4n) is 3.30. The standard InChI is InChI=1S/C22H26N2O5/c1-15-14-24(9-10-29-15)22(26)17-5-4-6-18(13-17)23-21(25)12-16-7-8-19(27-2)20(11-16)28-3/h4-8,11,13,15H,9-10,12,14H2,1-3H3,(H,23,25). The number of carbonyl (C=O) groups is 2. The number of benzene rings is 2. The zero-order valence-corrected chi connectivity index (χ0v) is 16.9. The number of anilines is 1. The maximum atomic E-state index is 12.7. The fraction of sp³-hybridized carbons (Fsp3) is 0.364. The van der Waals surface area contributed by atoms with Gasteiger partial charge in [0.15, 0.2) is 11.5 Å². The normalized spacial score (nSPS) is 16.2. The van der Waals surface area contributed by atoms with Crippen molar-refractivity contribution in [1.82, 2.24) is 4.90 Å². The topological polar surface area (TPSA) is 77.1 Å². The fourth-order valence-corrected chi connectivity index (χ4v) is 3.30. The van der Waals surface area contributed by atoms with E-state index in [1.165, 1.54) is 0 Å². The molecule has 0 saturated carbocycles. The molecule has 7 heteroatoms. The van der Waals surface area contributed by atoms with Gasteiger partial charge in [0, 0.05) is 24.3 Å². The second-order valence-corrected chi connectivity index (χ2v) is 6.93. The molecule has 29 heavy (non-hydrogen) atoms. The lowest BCUT2D eigenvalue weighted by Gasteiger charge is -2.31. The van der Waals surface area contributed by atoms with Crippen LogP contribution in [0.2, 0.25) is 0 Å². The molecule has 0 bridgehead atoms. The summed E-state index contributed by atoms with van der Waals surface area (Å²) in [5, 5.41) is 2.86. The Labute approximate surface area is 170 Å². The molecular formula is C22H26N2O5. The quantitative estimate of drug-likeness (QED) is 0.810. The lowest BCUT2D eigenvalue weighted by molar-refractivity contribution is -0.115. The molecule has 2 aromatic rings. The lowest BCUT2D eigenvalue weighted by Crippen LogP contribution is -2.44. The largest absolute Gasteiger partial charge is 0.493 e. The molecule has 0 aromatic heterocycles. The molecule has 1 atom stereocenters. The van der Waals surface area contributed by atoms with Crippen LogP contribution >= 0.6 is 0 Å². The summed E-state index contributed by atoms with van der Waals surface area (Å²) in [7, 11) is 3.12. The van der Waals surface area contributed by atoms with Gasteiger partial charge in [-0.1, -0.05) is 12.1 Å². The summed E-state index contributed by atoms with van der Waals surface area (Å²) in [6.45, 7) is 3.62. The van der Waals surface area contributed by atoms with E-state index in [2.05, 4.69) is 5.32 Å². The molecule has 0 aliphatic carbocycles. The predicted molar refractivity (Wildman–Crippen MR) is 110 cm³/mol. The zero-order chi connectivity index (χ0) is 20.8. The molecule has 1 heterocycles. The minimum absolute atomic E-state index is 0.0251. The minimum Gasteiger partial charge on any atom is -0.493 e. The Bertz CT molecular complexity index is 883. The van der Waals surface area contributed by atoms with E-state index in [4.69, 9.17) is 14.2 Å². The van der Waals surface area contributed by atoms with Gasteiger partial charge >= 0.3 is 0 Å². The van der Waals surface area contributed by atoms with Crippen molar-refractivity contribution in [2.24, 2.45) is 0 Å². The molecule has 1 unspecified atom stereocenters. The van der Waals surface area contributed by atoms with Crippen molar-refractivity contribution in [3.05, 3.63) is 53.6 Å². The highest BCUT2D eigenvalue weighted by molar-refractivity contribution is 5.97. The van der Waals surface area contributed by atoms with E-state index in [1.807, 2.05) is 13.0 Å². The smallest absolute Gasteiger partial charge is 0.254 e. The molecule has 2 aromatic carbocycles. The first-order valence-electron chi connectivity index (χ1n) is 9.52. The highest BCUT2D eigenvalue weighted by atomic mass is 16.5. The Kier molecular flexibility index (Phi) is 6.72. The van der Waals surface area contributed by atoms with Gasteiger partial charge < -0.3 is 24.4 Å². The van der Waals surface area contributed by atoms with E-state index in [1.54, 1.807) is 55.5 Å². The van der Waals surface area contributed by atoms with Crippen LogP contribution in [0.5, 0.6) is 11.5 Å². The summed E-state index contributed by atoms with van der Waals surface area (Å²) < 4.78 is 16.0. The predicted octanol–water partition coefficient (Wildman–Crippen LogP) is 2.75. The Hall–Kier alpha value is -3.06. The van der Waals surface area contributed by atoms with Gasteiger partial charge in [-0.15, -0.1) is 0 Å². The van der Waals surface area contributed by atoms with Gasteiger partial charge in [0.2, 0.25) is 5.91 Å². The third-order valence-corrected chi connectivity index (χ3v) is 4.73. The molecule has 1 saturated heterocycles. The van der Waals surface area contributed by atoms with E-state index in [0.29, 0.717) is 42.4 Å². The zero-order valence-electron chi connectivity index (χ0n) is 16.9. The summed E-state index contributed by atoms with van der Waals surface area (Å²) in [5.41, 5.74) is 1.93. The summed E-state index contributed by atoms with van der Waals surface area (Å²) >= 11 is 0. The summed E-state index contributed by atoms with van der Waals surface area (Å²) in [4.78, 5) is 27.0. The Morgan fingerprint density at radius 3 is 2.66 bits per heavy atom. The second kappa shape index (κ2) is 9.43. The first-order chi connectivity index (χ1) is 14.0. The number of carbonyl (C=O) groups excluding carboxylic acids is 2. The van der Waals surface area contributed by atoms with Gasteiger partial charge in [0.25, 0.3) is 5.91 Å². The average molecular weight is 398 g/mol. The number of hydrogen-bond donors (Lipinski definition) is 1. The highest BCUT2D eigenvalue weighted by Gasteiger charge is 2.22. The van der Waals surface area contributed by atoms with Crippen LogP contribution in [-0.2, 0) is 16.0 Å². The van der Waals surface area contributed by atoms with Crippen molar-refractivity contribution < 1.29 is 23.8 Å². The summed E-state index contributed by atoms with van der Waals surface area (Å²) in [6.07, 6.45) is 0.205. The summed E-state index contributed by atoms with van der Waals surface area (Å²) in [5.74, 6) is 0.948. The van der Waals surface area contributed by atoms with Crippen LogP contribution < -0.4 is 14.8 Å². The van der Waals surface area contributed by atoms with Crippen molar-refractivity contribution in [1.29, 1.82) is 0 Å². The van der Waals surface area contributed by atoms with Crippen molar-refractivity contribution in [3.63, 3.8) is 0 Å². The van der Waals surface area contributed by atoms with Gasteiger partial charge in [-0.25, -0.2) is 0 Å². The monoisotopic (exact) mass is 398 g/mol. The molecule has 0 radical (unpaired) electrons. The molecule has 0 spiro atoms. The van der Waals surface area contributed by atoms with E-state index in [9.17, 15) is 9.59 Å². The maximum Gasteiger partial charge on any atom is 0.254 e. The van der Waals surface area contributed by atoms with Crippen molar-refractivity contribution in [2.75, 3.05) is 39.2 Å². The molecule has 7 nitrogen and oxygen atoms in total. The number of ether oxygens (including phenoxy) is 3. The first-order valence-corrected chi connectivity index (χ1v) is 9.52. The van der Waals surface area contributed by atoms with Crippen LogP contribution in [0.25, 0.3) is 0 Å². The number of amides is 2. The molecule has 1 aliphatic rings. The molecule has 2 amide bonds. The van der Waals surface area contributed by atoms with Crippen LogP contribution in [0.4, 0.5) is 5.69 Å². The maximum absolute atomic E-state index is 12.7. The third kappa shape index (κ3) is 5.26. The number of hydrogen-bond acceptors (Lipinski definition) is 5. The third-order valence-electron chi connectivity index (χ3n) is 4.73. The molecule has 154 valence electrons. The van der Waals surface area contributed by atoms with Crippen molar-refractivity contribution >= 4 is 17.5 Å². The highest BCUT2D eigenvalue weighted by Crippen LogP contribution is 2.27. The van der Waals surface area contributed by atoms with E-state index >= 15 is 0 Å². The SMILES string of the molecule is COc1ccc(CC(=O)Nc2cccc(C(=O)N3CCOC(C)C3)c2)cc1OC. The van der Waals surface area contributed by atoms with E-state index < -0.39 is 0 Å². The number of nitrogens with zero attached hydrogens (tertiary/aromatic N) is 1. The number of rotatable bonds is 6. The molecule has 1 N–H and O–H groups in total. The van der Waals surface area contributed by atoms with Crippen LogP contribution in [0.15, 0.2) is 42.5 Å². The minimum atomic E-state index is -0.179. The van der Waals surface area contributed by atoms with Gasteiger partial charge in [-0.05, 0) is 42.8 Å². The van der Waals surface area contributed by atoms with Gasteiger partial charge in [-0.3, -0.25) is 9.59 Å². The van der Waals surface area contributed by atoms with Gasteiger partial charge in [-0.2, -0.15) is 0 Å². The van der Waals surface area contributed by atoms with Crippen LogP contribution in [0.1, 0.15) is 22.8 Å². The van der Waals surface area contributed by atoms with Crippen molar-refractivity contribution in [3.8, 4) is 11.5 Å². The number of methoxy groups -OCH3 is 2. The molecule has 1 aliphatic heterocycles. The van der Waals surface area contributed by atoms with E-state index in [0.717, 1.165) is 5.56 Å². The van der Waals surface area contributed by atoms with Gasteiger partial charge in [0.05, 0.1) is 33.4 Å². The summed E-state index contributed by atoms with van der Waals surface area (Å²) in [6, 6.07) is 12.4. The lowest BCUT2D eigenvalue weighted by atomic mass is 10.1. The Morgan fingerprint density at radius 1 is 1.14 bits per heavy atom. The average Bonchev–Trinajstić information content (AvgIpc) is 2.73. The molecule has 1 fully saturated rings. The molecule has 3 rings (SSSR count). The second-order valence-electron chi connectivity index (χ2n) is 6.93. The van der Waals surface area contributed by atoms with Crippen LogP contribution in [-0.4, -0.2) is 56.7 Å². The van der Waals surface area contributed by atoms with Crippen LogP contribution in [0, 0.1) is 0 Å².